The van der Waals surface area contributed by atoms with Crippen molar-refractivity contribution in [2.45, 2.75) is 39.2 Å². The van der Waals surface area contributed by atoms with Crippen molar-refractivity contribution in [3.05, 3.63) is 23.8 Å². The molecule has 1 saturated heterocycles. The predicted octanol–water partition coefficient (Wildman–Crippen LogP) is 3.89. The van der Waals surface area contributed by atoms with Gasteiger partial charge in [-0.3, -0.25) is 4.90 Å². The van der Waals surface area contributed by atoms with Crippen LogP contribution in [0.5, 0.6) is 11.5 Å². The highest BCUT2D eigenvalue weighted by Gasteiger charge is 2.29. The molecule has 3 nitrogen and oxygen atoms in total. The third kappa shape index (κ3) is 3.26. The third-order valence-corrected chi connectivity index (χ3v) is 4.01. The summed E-state index contributed by atoms with van der Waals surface area (Å²) in [6, 6.07) is 6.49. The predicted molar refractivity (Wildman–Crippen MR) is 82.5 cm³/mol. The third-order valence-electron chi connectivity index (χ3n) is 4.01. The normalized spacial score (nSPS) is 20.1. The van der Waals surface area contributed by atoms with Gasteiger partial charge in [0.25, 0.3) is 0 Å². The highest BCUT2D eigenvalue weighted by molar-refractivity contribution is 5.47. The topological polar surface area (TPSA) is 21.7 Å². The van der Waals surface area contributed by atoms with E-state index in [9.17, 15) is 0 Å². The lowest BCUT2D eigenvalue weighted by Gasteiger charge is -2.38. The van der Waals surface area contributed by atoms with E-state index in [-0.39, 0.29) is 0 Å². The number of piperidine rings is 1. The van der Waals surface area contributed by atoms with Gasteiger partial charge in [0.05, 0.1) is 19.8 Å². The molecule has 1 heterocycles. The van der Waals surface area contributed by atoms with E-state index < -0.39 is 0 Å². The first-order chi connectivity index (χ1) is 9.67. The number of benzene rings is 1. The molecule has 1 aromatic rings. The fourth-order valence-electron chi connectivity index (χ4n) is 3.21. The summed E-state index contributed by atoms with van der Waals surface area (Å²) in [4.78, 5) is 2.59. The van der Waals surface area contributed by atoms with E-state index in [1.165, 1.54) is 31.4 Å². The molecule has 1 aliphatic heterocycles. The Hall–Kier alpha value is -1.22. The Kier molecular flexibility index (Phi) is 5.30. The van der Waals surface area contributed by atoms with Gasteiger partial charge >= 0.3 is 0 Å². The molecule has 0 aliphatic carbocycles. The molecule has 0 aromatic heterocycles. The van der Waals surface area contributed by atoms with Crippen molar-refractivity contribution >= 4 is 0 Å². The Balaban J connectivity index is 2.35. The minimum atomic E-state index is 0.414. The average molecular weight is 277 g/mol. The number of hydrogen-bond acceptors (Lipinski definition) is 3. The van der Waals surface area contributed by atoms with Gasteiger partial charge in [-0.25, -0.2) is 0 Å². The largest absolute Gasteiger partial charge is 0.496 e. The Morgan fingerprint density at radius 2 is 1.80 bits per heavy atom. The molecule has 20 heavy (non-hydrogen) atoms. The van der Waals surface area contributed by atoms with Gasteiger partial charge in [-0.15, -0.1) is 0 Å². The van der Waals surface area contributed by atoms with Crippen LogP contribution < -0.4 is 9.47 Å². The van der Waals surface area contributed by atoms with Gasteiger partial charge in [0, 0.05) is 12.6 Å². The Labute approximate surface area is 122 Å². The summed E-state index contributed by atoms with van der Waals surface area (Å²) < 4.78 is 11.2. The van der Waals surface area contributed by atoms with E-state index in [1.54, 1.807) is 14.2 Å². The van der Waals surface area contributed by atoms with Gasteiger partial charge in [-0.1, -0.05) is 26.3 Å². The molecule has 3 heteroatoms. The molecule has 2 rings (SSSR count). The van der Waals surface area contributed by atoms with E-state index in [0.29, 0.717) is 12.0 Å². The van der Waals surface area contributed by atoms with Crippen LogP contribution in [0.3, 0.4) is 0 Å². The molecule has 112 valence electrons. The van der Waals surface area contributed by atoms with E-state index in [0.717, 1.165) is 18.0 Å². The standard InChI is InChI=1S/C17H27NO2/c1-13(2)12-18-11-6-5-8-14(18)17-15(19-3)9-7-10-16(17)20-4/h7,9-10,13-14H,5-6,8,11-12H2,1-4H3/t14-/m0/s1. The van der Waals surface area contributed by atoms with Crippen molar-refractivity contribution in [3.63, 3.8) is 0 Å². The summed E-state index contributed by atoms with van der Waals surface area (Å²) in [5, 5.41) is 0. The van der Waals surface area contributed by atoms with Crippen LogP contribution in [0.15, 0.2) is 18.2 Å². The first kappa shape index (κ1) is 15.2. The maximum absolute atomic E-state index is 5.59. The molecular formula is C17H27NO2. The van der Waals surface area contributed by atoms with Crippen molar-refractivity contribution in [1.82, 2.24) is 4.90 Å². The number of ether oxygens (including phenoxy) is 2. The van der Waals surface area contributed by atoms with Gasteiger partial charge in [0.1, 0.15) is 11.5 Å². The summed E-state index contributed by atoms with van der Waals surface area (Å²) in [7, 11) is 3.49. The zero-order chi connectivity index (χ0) is 14.5. The van der Waals surface area contributed by atoms with Crippen molar-refractivity contribution in [2.75, 3.05) is 27.3 Å². The molecule has 0 radical (unpaired) electrons. The highest BCUT2D eigenvalue weighted by atomic mass is 16.5. The number of hydrogen-bond donors (Lipinski definition) is 0. The molecule has 0 bridgehead atoms. The van der Waals surface area contributed by atoms with Crippen LogP contribution >= 0.6 is 0 Å². The smallest absolute Gasteiger partial charge is 0.127 e. The summed E-state index contributed by atoms with van der Waals surface area (Å²) in [6.07, 6.45) is 3.75. The maximum Gasteiger partial charge on any atom is 0.127 e. The van der Waals surface area contributed by atoms with Crippen LogP contribution in [0, 0.1) is 5.92 Å². The van der Waals surface area contributed by atoms with Crippen LogP contribution in [0.25, 0.3) is 0 Å². The Bertz CT molecular complexity index is 409. The zero-order valence-corrected chi connectivity index (χ0v) is 13.2. The van der Waals surface area contributed by atoms with Crippen molar-refractivity contribution < 1.29 is 9.47 Å². The highest BCUT2D eigenvalue weighted by Crippen LogP contribution is 2.41. The number of likely N-dealkylation sites (tertiary alicyclic amines) is 1. The minimum absolute atomic E-state index is 0.414. The molecule has 0 spiro atoms. The molecule has 1 fully saturated rings. The SMILES string of the molecule is COc1cccc(OC)c1[C@@H]1CCCCN1CC(C)C. The van der Waals surface area contributed by atoms with Crippen LogP contribution in [0.2, 0.25) is 0 Å². The van der Waals surface area contributed by atoms with Gasteiger partial charge in [0.2, 0.25) is 0 Å². The molecular weight excluding hydrogens is 250 g/mol. The fourth-order valence-corrected chi connectivity index (χ4v) is 3.21. The second-order valence-corrected chi connectivity index (χ2v) is 5.98. The molecule has 1 atom stereocenters. The summed E-state index contributed by atoms with van der Waals surface area (Å²) in [5.74, 6) is 2.58. The quantitative estimate of drug-likeness (QED) is 0.815. The minimum Gasteiger partial charge on any atom is -0.496 e. The van der Waals surface area contributed by atoms with Crippen molar-refractivity contribution in [1.29, 1.82) is 0 Å². The monoisotopic (exact) mass is 277 g/mol. The van der Waals surface area contributed by atoms with Crippen LogP contribution in [-0.4, -0.2) is 32.2 Å². The molecule has 0 amide bonds. The van der Waals surface area contributed by atoms with Gasteiger partial charge in [0.15, 0.2) is 0 Å². The molecule has 1 aliphatic rings. The second-order valence-electron chi connectivity index (χ2n) is 5.98. The average Bonchev–Trinajstić information content (AvgIpc) is 2.46. The fraction of sp³-hybridized carbons (Fsp3) is 0.647. The molecule has 0 unspecified atom stereocenters. The van der Waals surface area contributed by atoms with E-state index >= 15 is 0 Å². The van der Waals surface area contributed by atoms with Crippen LogP contribution in [-0.2, 0) is 0 Å². The summed E-state index contributed by atoms with van der Waals surface area (Å²) in [5.41, 5.74) is 1.22. The van der Waals surface area contributed by atoms with E-state index in [2.05, 4.69) is 18.7 Å². The molecule has 0 saturated carbocycles. The van der Waals surface area contributed by atoms with Gasteiger partial charge < -0.3 is 9.47 Å². The van der Waals surface area contributed by atoms with E-state index in [1.807, 2.05) is 18.2 Å². The van der Waals surface area contributed by atoms with Crippen LogP contribution in [0.1, 0.15) is 44.7 Å². The lowest BCUT2D eigenvalue weighted by molar-refractivity contribution is 0.127. The Morgan fingerprint density at radius 3 is 2.35 bits per heavy atom. The maximum atomic E-state index is 5.59. The number of nitrogens with zero attached hydrogens (tertiary/aromatic N) is 1. The molecule has 1 aromatic carbocycles. The lowest BCUT2D eigenvalue weighted by atomic mass is 9.93. The van der Waals surface area contributed by atoms with Crippen molar-refractivity contribution in [3.8, 4) is 11.5 Å². The van der Waals surface area contributed by atoms with Gasteiger partial charge in [-0.05, 0) is 37.4 Å². The molecule has 0 N–H and O–H groups in total. The summed E-state index contributed by atoms with van der Waals surface area (Å²) in [6.45, 7) is 6.87. The van der Waals surface area contributed by atoms with Gasteiger partial charge in [-0.2, -0.15) is 0 Å². The zero-order valence-electron chi connectivity index (χ0n) is 13.2. The first-order valence-electron chi connectivity index (χ1n) is 7.62. The van der Waals surface area contributed by atoms with Crippen LogP contribution in [0.4, 0.5) is 0 Å². The first-order valence-corrected chi connectivity index (χ1v) is 7.62. The van der Waals surface area contributed by atoms with E-state index in [4.69, 9.17) is 9.47 Å². The summed E-state index contributed by atoms with van der Waals surface area (Å²) >= 11 is 0. The van der Waals surface area contributed by atoms with Crippen molar-refractivity contribution in [2.24, 2.45) is 5.92 Å². The number of methoxy groups -OCH3 is 2. The Morgan fingerprint density at radius 1 is 1.15 bits per heavy atom. The lowest BCUT2D eigenvalue weighted by Crippen LogP contribution is -2.36. The number of rotatable bonds is 5. The second kappa shape index (κ2) is 6.98.